The molecule has 3 N–H and O–H groups in total. The minimum absolute atomic E-state index is 0.00648. The maximum absolute atomic E-state index is 10.7. The van der Waals surface area contributed by atoms with Crippen molar-refractivity contribution in [1.29, 1.82) is 0 Å². The van der Waals surface area contributed by atoms with Gasteiger partial charge in [0, 0.05) is 23.0 Å². The van der Waals surface area contributed by atoms with Crippen molar-refractivity contribution >= 4 is 17.6 Å². The lowest BCUT2D eigenvalue weighted by molar-refractivity contribution is 0.444. The highest BCUT2D eigenvalue weighted by molar-refractivity contribution is 5.87. The summed E-state index contributed by atoms with van der Waals surface area (Å²) in [7, 11) is 0. The molecule has 0 aliphatic carbocycles. The standard InChI is InChI=1S/C21H28N2O/c1-20(2,3)15-10-14(19(24)18(11-15)21(4,5)6)13-23-17-9-7-8-16(22)12-17/h7-13,24H,22H2,1-6H3. The fourth-order valence-electron chi connectivity index (χ4n) is 2.51. The molecular formula is C21H28N2O. The molecule has 0 fully saturated rings. The Kier molecular flexibility index (Phi) is 4.75. The summed E-state index contributed by atoms with van der Waals surface area (Å²) in [6, 6.07) is 11.5. The van der Waals surface area contributed by atoms with Crippen molar-refractivity contribution in [2.24, 2.45) is 4.99 Å². The average Bonchev–Trinajstić information content (AvgIpc) is 2.43. The van der Waals surface area contributed by atoms with E-state index in [4.69, 9.17) is 5.73 Å². The number of anilines is 1. The molecule has 0 unspecified atom stereocenters. The molecule has 0 heterocycles. The molecule has 0 saturated heterocycles. The van der Waals surface area contributed by atoms with E-state index in [-0.39, 0.29) is 10.8 Å². The Morgan fingerprint density at radius 3 is 2.17 bits per heavy atom. The SMILES string of the molecule is CC(C)(C)c1cc(C=Nc2cccc(N)c2)c(O)c(C(C)(C)C)c1. The molecule has 3 heteroatoms. The van der Waals surface area contributed by atoms with E-state index in [2.05, 4.69) is 52.6 Å². The molecule has 0 aliphatic rings. The van der Waals surface area contributed by atoms with Crippen molar-refractivity contribution in [2.75, 3.05) is 5.73 Å². The number of hydrogen-bond acceptors (Lipinski definition) is 3. The zero-order valence-electron chi connectivity index (χ0n) is 15.5. The number of nitrogen functional groups attached to an aromatic ring is 1. The maximum Gasteiger partial charge on any atom is 0.128 e. The Bertz CT molecular complexity index is 762. The number of aliphatic imine (C=N–C) groups is 1. The highest BCUT2D eigenvalue weighted by atomic mass is 16.3. The third kappa shape index (κ3) is 4.16. The van der Waals surface area contributed by atoms with E-state index in [1.165, 1.54) is 5.56 Å². The molecule has 3 nitrogen and oxygen atoms in total. The first kappa shape index (κ1) is 18.1. The van der Waals surface area contributed by atoms with E-state index < -0.39 is 0 Å². The lowest BCUT2D eigenvalue weighted by Gasteiger charge is -2.26. The monoisotopic (exact) mass is 324 g/mol. The lowest BCUT2D eigenvalue weighted by atomic mass is 9.79. The number of aromatic hydroxyl groups is 1. The fraction of sp³-hybridized carbons (Fsp3) is 0.381. The Hall–Kier alpha value is -2.29. The Balaban J connectivity index is 2.56. The summed E-state index contributed by atoms with van der Waals surface area (Å²) >= 11 is 0. The third-order valence-corrected chi connectivity index (χ3v) is 4.04. The van der Waals surface area contributed by atoms with Gasteiger partial charge in [-0.3, -0.25) is 4.99 Å². The molecule has 24 heavy (non-hydrogen) atoms. The van der Waals surface area contributed by atoms with Crippen molar-refractivity contribution in [1.82, 2.24) is 0 Å². The van der Waals surface area contributed by atoms with Gasteiger partial charge in [0.2, 0.25) is 0 Å². The molecule has 0 saturated carbocycles. The first-order valence-electron chi connectivity index (χ1n) is 8.26. The van der Waals surface area contributed by atoms with Crippen molar-refractivity contribution in [3.8, 4) is 5.75 Å². The first-order valence-corrected chi connectivity index (χ1v) is 8.26. The van der Waals surface area contributed by atoms with Gasteiger partial charge in [-0.1, -0.05) is 53.7 Å². The normalized spacial score (nSPS) is 12.8. The summed E-state index contributed by atoms with van der Waals surface area (Å²) < 4.78 is 0. The van der Waals surface area contributed by atoms with E-state index in [0.717, 1.165) is 16.8 Å². The highest BCUT2D eigenvalue weighted by Crippen LogP contribution is 2.37. The second-order valence-electron chi connectivity index (χ2n) is 8.31. The van der Waals surface area contributed by atoms with Crippen LogP contribution in [0.5, 0.6) is 5.75 Å². The van der Waals surface area contributed by atoms with Gasteiger partial charge in [0.25, 0.3) is 0 Å². The van der Waals surface area contributed by atoms with Gasteiger partial charge in [-0.05, 0) is 40.7 Å². The number of nitrogens with two attached hydrogens (primary N) is 1. The van der Waals surface area contributed by atoms with E-state index in [1.54, 1.807) is 6.21 Å². The topological polar surface area (TPSA) is 58.6 Å². The van der Waals surface area contributed by atoms with Gasteiger partial charge in [0.1, 0.15) is 5.75 Å². The summed E-state index contributed by atoms with van der Waals surface area (Å²) in [5.41, 5.74) is 9.93. The zero-order valence-corrected chi connectivity index (χ0v) is 15.5. The van der Waals surface area contributed by atoms with Crippen molar-refractivity contribution in [2.45, 2.75) is 52.4 Å². The van der Waals surface area contributed by atoms with Crippen LogP contribution in [0.4, 0.5) is 11.4 Å². The molecule has 0 amide bonds. The van der Waals surface area contributed by atoms with Crippen LogP contribution in [0.15, 0.2) is 41.4 Å². The van der Waals surface area contributed by atoms with Crippen LogP contribution in [-0.2, 0) is 10.8 Å². The van der Waals surface area contributed by atoms with Gasteiger partial charge < -0.3 is 10.8 Å². The van der Waals surface area contributed by atoms with Crippen molar-refractivity contribution in [3.05, 3.63) is 53.1 Å². The van der Waals surface area contributed by atoms with Crippen molar-refractivity contribution < 1.29 is 5.11 Å². The average molecular weight is 324 g/mol. The largest absolute Gasteiger partial charge is 0.507 e. The van der Waals surface area contributed by atoms with Crippen LogP contribution in [-0.4, -0.2) is 11.3 Å². The molecule has 2 aromatic rings. The van der Waals surface area contributed by atoms with Crippen LogP contribution >= 0.6 is 0 Å². The zero-order chi connectivity index (χ0) is 18.1. The summed E-state index contributed by atoms with van der Waals surface area (Å²) in [5.74, 6) is 0.295. The van der Waals surface area contributed by atoms with Crippen LogP contribution in [0.3, 0.4) is 0 Å². The van der Waals surface area contributed by atoms with Crippen LogP contribution in [0.1, 0.15) is 58.2 Å². The molecule has 0 aromatic heterocycles. The van der Waals surface area contributed by atoms with E-state index in [0.29, 0.717) is 11.4 Å². The molecule has 2 rings (SSSR count). The summed E-state index contributed by atoms with van der Waals surface area (Å²) in [5, 5.41) is 10.7. The summed E-state index contributed by atoms with van der Waals surface area (Å²) in [6.45, 7) is 12.8. The maximum atomic E-state index is 10.7. The third-order valence-electron chi connectivity index (χ3n) is 4.04. The lowest BCUT2D eigenvalue weighted by Crippen LogP contribution is -2.17. The predicted molar refractivity (Wildman–Crippen MR) is 104 cm³/mol. The number of hydrogen-bond donors (Lipinski definition) is 2. The summed E-state index contributed by atoms with van der Waals surface area (Å²) in [6.07, 6.45) is 1.72. The van der Waals surface area contributed by atoms with Gasteiger partial charge in [-0.15, -0.1) is 0 Å². The minimum Gasteiger partial charge on any atom is -0.507 e. The molecule has 0 aliphatic heterocycles. The number of nitrogens with zero attached hydrogens (tertiary/aromatic N) is 1. The van der Waals surface area contributed by atoms with Crippen LogP contribution in [0.2, 0.25) is 0 Å². The van der Waals surface area contributed by atoms with Crippen LogP contribution in [0.25, 0.3) is 0 Å². The van der Waals surface area contributed by atoms with Crippen LogP contribution < -0.4 is 5.73 Å². The Morgan fingerprint density at radius 2 is 1.62 bits per heavy atom. The second kappa shape index (κ2) is 6.31. The second-order valence-corrected chi connectivity index (χ2v) is 8.31. The number of phenols is 1. The van der Waals surface area contributed by atoms with E-state index in [1.807, 2.05) is 30.3 Å². The molecule has 0 bridgehead atoms. The molecular weight excluding hydrogens is 296 g/mol. The molecule has 0 spiro atoms. The molecule has 0 atom stereocenters. The highest BCUT2D eigenvalue weighted by Gasteiger charge is 2.24. The van der Waals surface area contributed by atoms with Gasteiger partial charge in [0.15, 0.2) is 0 Å². The van der Waals surface area contributed by atoms with E-state index >= 15 is 0 Å². The van der Waals surface area contributed by atoms with E-state index in [9.17, 15) is 5.11 Å². The fourth-order valence-corrected chi connectivity index (χ4v) is 2.51. The van der Waals surface area contributed by atoms with Crippen LogP contribution in [0, 0.1) is 0 Å². The summed E-state index contributed by atoms with van der Waals surface area (Å²) in [4.78, 5) is 4.48. The number of phenolic OH excluding ortho intramolecular Hbond substituents is 1. The first-order chi connectivity index (χ1) is 11.0. The number of benzene rings is 2. The van der Waals surface area contributed by atoms with Gasteiger partial charge in [0.05, 0.1) is 5.69 Å². The van der Waals surface area contributed by atoms with Gasteiger partial charge in [-0.2, -0.15) is 0 Å². The smallest absolute Gasteiger partial charge is 0.128 e. The van der Waals surface area contributed by atoms with Gasteiger partial charge in [-0.25, -0.2) is 0 Å². The van der Waals surface area contributed by atoms with Gasteiger partial charge >= 0.3 is 0 Å². The quantitative estimate of drug-likeness (QED) is 0.580. The number of rotatable bonds is 2. The molecule has 2 aromatic carbocycles. The van der Waals surface area contributed by atoms with Crippen molar-refractivity contribution in [3.63, 3.8) is 0 Å². The Labute approximate surface area is 145 Å². The molecule has 128 valence electrons. The molecule has 0 radical (unpaired) electrons. The Morgan fingerprint density at radius 1 is 0.958 bits per heavy atom. The predicted octanol–water partition coefficient (Wildman–Crippen LogP) is 5.32. The minimum atomic E-state index is -0.148.